The van der Waals surface area contributed by atoms with Crippen molar-refractivity contribution >= 4 is 5.97 Å². The van der Waals surface area contributed by atoms with E-state index in [4.69, 9.17) is 4.74 Å². The fourth-order valence-electron chi connectivity index (χ4n) is 1.07. The molecule has 0 aromatic carbocycles. The van der Waals surface area contributed by atoms with Crippen molar-refractivity contribution in [3.05, 3.63) is 0 Å². The zero-order chi connectivity index (χ0) is 11.2. The van der Waals surface area contributed by atoms with Crippen LogP contribution in [0.1, 0.15) is 41.0 Å². The number of hydrogen-bond acceptors (Lipinski definition) is 3. The Morgan fingerprint density at radius 1 is 1.36 bits per heavy atom. The molecule has 0 heterocycles. The molecule has 1 unspecified atom stereocenters. The van der Waals surface area contributed by atoms with Crippen LogP contribution in [0.3, 0.4) is 0 Å². The zero-order valence-electron chi connectivity index (χ0n) is 10.0. The molecule has 3 heteroatoms. The van der Waals surface area contributed by atoms with Crippen molar-refractivity contribution in [2.24, 2.45) is 5.41 Å². The summed E-state index contributed by atoms with van der Waals surface area (Å²) in [5.41, 5.74) is 0.194. The number of hydrogen-bond donors (Lipinski definition) is 1. The molecule has 0 aromatic heterocycles. The van der Waals surface area contributed by atoms with Crippen LogP contribution < -0.4 is 5.32 Å². The lowest BCUT2D eigenvalue weighted by molar-refractivity contribution is -0.145. The molecule has 3 nitrogen and oxygen atoms in total. The lowest BCUT2D eigenvalue weighted by Crippen LogP contribution is -2.41. The second-order valence-electron chi connectivity index (χ2n) is 4.65. The van der Waals surface area contributed by atoms with E-state index >= 15 is 0 Å². The highest BCUT2D eigenvalue weighted by molar-refractivity contribution is 5.75. The molecule has 1 N–H and O–H groups in total. The lowest BCUT2D eigenvalue weighted by Gasteiger charge is -2.23. The van der Waals surface area contributed by atoms with Gasteiger partial charge in [-0.2, -0.15) is 0 Å². The number of rotatable bonds is 5. The van der Waals surface area contributed by atoms with Gasteiger partial charge in [0.15, 0.2) is 0 Å². The standard InChI is InChI=1S/C11H23NO2/c1-6-9(10(13)14-7-2)12-8-11(3,4)5/h9,12H,6-8H2,1-5H3. The first kappa shape index (κ1) is 13.4. The van der Waals surface area contributed by atoms with Crippen LogP contribution in [-0.4, -0.2) is 25.2 Å². The van der Waals surface area contributed by atoms with Gasteiger partial charge in [0.2, 0.25) is 0 Å². The molecule has 0 aliphatic heterocycles. The van der Waals surface area contributed by atoms with E-state index in [-0.39, 0.29) is 17.4 Å². The van der Waals surface area contributed by atoms with Crippen LogP contribution in [-0.2, 0) is 9.53 Å². The van der Waals surface area contributed by atoms with Gasteiger partial charge in [-0.3, -0.25) is 4.79 Å². The highest BCUT2D eigenvalue weighted by Crippen LogP contribution is 2.11. The van der Waals surface area contributed by atoms with Crippen LogP contribution in [0.5, 0.6) is 0 Å². The van der Waals surface area contributed by atoms with E-state index in [1.165, 1.54) is 0 Å². The first-order chi connectivity index (χ1) is 6.40. The highest BCUT2D eigenvalue weighted by atomic mass is 16.5. The van der Waals surface area contributed by atoms with Gasteiger partial charge in [0.25, 0.3) is 0 Å². The summed E-state index contributed by atoms with van der Waals surface area (Å²) in [7, 11) is 0. The smallest absolute Gasteiger partial charge is 0.323 e. The minimum Gasteiger partial charge on any atom is -0.465 e. The molecule has 0 rings (SSSR count). The highest BCUT2D eigenvalue weighted by Gasteiger charge is 2.19. The fourth-order valence-corrected chi connectivity index (χ4v) is 1.07. The van der Waals surface area contributed by atoms with Crippen LogP contribution in [0, 0.1) is 5.41 Å². The minimum absolute atomic E-state index is 0.140. The van der Waals surface area contributed by atoms with Gasteiger partial charge in [-0.15, -0.1) is 0 Å². The molecular weight excluding hydrogens is 178 g/mol. The maximum atomic E-state index is 11.4. The molecule has 84 valence electrons. The number of esters is 1. The average molecular weight is 201 g/mol. The summed E-state index contributed by atoms with van der Waals surface area (Å²) < 4.78 is 4.96. The predicted octanol–water partition coefficient (Wildman–Crippen LogP) is 1.96. The number of ether oxygens (including phenoxy) is 1. The number of carbonyl (C=O) groups excluding carboxylic acids is 1. The van der Waals surface area contributed by atoms with Crippen molar-refractivity contribution in [1.82, 2.24) is 5.32 Å². The second kappa shape index (κ2) is 6.02. The third-order valence-electron chi connectivity index (χ3n) is 1.86. The maximum absolute atomic E-state index is 11.4. The van der Waals surface area contributed by atoms with Crippen molar-refractivity contribution in [3.8, 4) is 0 Å². The van der Waals surface area contributed by atoms with Crippen LogP contribution in [0.25, 0.3) is 0 Å². The Labute approximate surface area is 87.2 Å². The van der Waals surface area contributed by atoms with Gasteiger partial charge in [-0.1, -0.05) is 27.7 Å². The van der Waals surface area contributed by atoms with Gasteiger partial charge in [-0.25, -0.2) is 0 Å². The minimum atomic E-state index is -0.158. The maximum Gasteiger partial charge on any atom is 0.323 e. The third-order valence-corrected chi connectivity index (χ3v) is 1.86. The van der Waals surface area contributed by atoms with Gasteiger partial charge in [-0.05, 0) is 18.8 Å². The molecule has 0 radical (unpaired) electrons. The Kier molecular flexibility index (Phi) is 5.77. The van der Waals surface area contributed by atoms with Gasteiger partial charge >= 0.3 is 5.97 Å². The molecule has 0 saturated carbocycles. The summed E-state index contributed by atoms with van der Waals surface area (Å²) in [5.74, 6) is -0.140. The summed E-state index contributed by atoms with van der Waals surface area (Å²) in [4.78, 5) is 11.4. The monoisotopic (exact) mass is 201 g/mol. The van der Waals surface area contributed by atoms with E-state index in [0.29, 0.717) is 6.61 Å². The molecule has 0 fully saturated rings. The quantitative estimate of drug-likeness (QED) is 0.691. The van der Waals surface area contributed by atoms with E-state index in [1.807, 2.05) is 13.8 Å². The third kappa shape index (κ3) is 5.97. The SMILES string of the molecule is CCOC(=O)C(CC)NCC(C)(C)C. The van der Waals surface area contributed by atoms with E-state index in [2.05, 4.69) is 26.1 Å². The molecule has 0 bridgehead atoms. The molecular formula is C11H23NO2. The van der Waals surface area contributed by atoms with Crippen molar-refractivity contribution in [1.29, 1.82) is 0 Å². The first-order valence-corrected chi connectivity index (χ1v) is 5.30. The van der Waals surface area contributed by atoms with Gasteiger partial charge in [0, 0.05) is 6.54 Å². The van der Waals surface area contributed by atoms with Crippen molar-refractivity contribution < 1.29 is 9.53 Å². The number of nitrogens with one attached hydrogen (secondary N) is 1. The molecule has 0 saturated heterocycles. The van der Waals surface area contributed by atoms with E-state index in [9.17, 15) is 4.79 Å². The van der Waals surface area contributed by atoms with Crippen molar-refractivity contribution in [3.63, 3.8) is 0 Å². The molecule has 0 aliphatic rings. The predicted molar refractivity (Wildman–Crippen MR) is 58.2 cm³/mol. The van der Waals surface area contributed by atoms with E-state index in [1.54, 1.807) is 0 Å². The summed E-state index contributed by atoms with van der Waals surface area (Å²) in [6.45, 7) is 11.5. The summed E-state index contributed by atoms with van der Waals surface area (Å²) in [6, 6.07) is -0.158. The van der Waals surface area contributed by atoms with Crippen molar-refractivity contribution in [2.45, 2.75) is 47.1 Å². The molecule has 0 aromatic rings. The Bertz CT molecular complexity index is 173. The zero-order valence-corrected chi connectivity index (χ0v) is 10.0. The van der Waals surface area contributed by atoms with Crippen molar-refractivity contribution in [2.75, 3.05) is 13.2 Å². The molecule has 0 amide bonds. The van der Waals surface area contributed by atoms with Gasteiger partial charge < -0.3 is 10.1 Å². The van der Waals surface area contributed by atoms with Crippen LogP contribution >= 0.6 is 0 Å². The Morgan fingerprint density at radius 2 is 1.93 bits per heavy atom. The Balaban J connectivity index is 3.97. The molecule has 0 aliphatic carbocycles. The largest absolute Gasteiger partial charge is 0.465 e. The Hall–Kier alpha value is -0.570. The summed E-state index contributed by atoms with van der Waals surface area (Å²) in [5, 5.41) is 3.22. The fraction of sp³-hybridized carbons (Fsp3) is 0.909. The average Bonchev–Trinajstić information content (AvgIpc) is 2.03. The van der Waals surface area contributed by atoms with E-state index in [0.717, 1.165) is 13.0 Å². The first-order valence-electron chi connectivity index (χ1n) is 5.30. The van der Waals surface area contributed by atoms with Crippen LogP contribution in [0.2, 0.25) is 0 Å². The van der Waals surface area contributed by atoms with Gasteiger partial charge in [0.1, 0.15) is 6.04 Å². The Morgan fingerprint density at radius 3 is 2.29 bits per heavy atom. The normalized spacial score (nSPS) is 13.8. The molecule has 1 atom stereocenters. The van der Waals surface area contributed by atoms with E-state index < -0.39 is 0 Å². The molecule has 14 heavy (non-hydrogen) atoms. The lowest BCUT2D eigenvalue weighted by atomic mass is 9.96. The van der Waals surface area contributed by atoms with Crippen LogP contribution in [0.15, 0.2) is 0 Å². The van der Waals surface area contributed by atoms with Gasteiger partial charge in [0.05, 0.1) is 6.61 Å². The molecule has 0 spiro atoms. The topological polar surface area (TPSA) is 38.3 Å². The summed E-state index contributed by atoms with van der Waals surface area (Å²) >= 11 is 0. The van der Waals surface area contributed by atoms with Crippen LogP contribution in [0.4, 0.5) is 0 Å². The summed E-state index contributed by atoms with van der Waals surface area (Å²) in [6.07, 6.45) is 0.773. The second-order valence-corrected chi connectivity index (χ2v) is 4.65. The number of carbonyl (C=O) groups is 1.